The number of aromatic amines is 1. The zero-order valence-corrected chi connectivity index (χ0v) is 19.2. The fraction of sp³-hybridized carbons (Fsp3) is 0.545. The minimum atomic E-state index is -5.36. The summed E-state index contributed by atoms with van der Waals surface area (Å²) in [5, 5.41) is 20.7. The van der Waals surface area contributed by atoms with Crippen LogP contribution in [-0.2, 0) is 34.3 Å². The normalized spacial score (nSPS) is 27.5. The number of nitrogens with one attached hydrogen (secondary N) is 2. The number of nitrogen functional groups attached to an aromatic ring is 1. The molecule has 2 aromatic rings. The first-order chi connectivity index (χ1) is 15.0. The Bertz CT molecular complexity index is 1260. The van der Waals surface area contributed by atoms with E-state index in [1.165, 1.54) is 22.5 Å². The Labute approximate surface area is 185 Å². The number of anilines is 1. The molecule has 1 saturated heterocycles. The molecule has 183 valence electrons. The molecule has 0 bridgehead atoms. The maximum atomic E-state index is 12.1. The summed E-state index contributed by atoms with van der Waals surface area (Å²) in [6.07, 6.45) is -4.69. The summed E-state index contributed by atoms with van der Waals surface area (Å²) in [6.45, 7) is -0.847. The van der Waals surface area contributed by atoms with Gasteiger partial charge in [-0.15, -0.1) is 4.86 Å². The predicted octanol–water partition coefficient (Wildman–Crippen LogP) is -3.16. The van der Waals surface area contributed by atoms with Crippen molar-refractivity contribution in [3.63, 3.8) is 0 Å². The molecule has 33 heavy (non-hydrogen) atoms. The van der Waals surface area contributed by atoms with E-state index in [0.29, 0.717) is 0 Å². The van der Waals surface area contributed by atoms with Crippen LogP contribution in [0.15, 0.2) is 11.1 Å². The van der Waals surface area contributed by atoms with E-state index >= 15 is 0 Å². The number of aryl methyl sites for hydroxylation is 1. The molecule has 0 aliphatic carbocycles. The van der Waals surface area contributed by atoms with Crippen LogP contribution in [0.3, 0.4) is 0 Å². The van der Waals surface area contributed by atoms with Crippen molar-refractivity contribution < 1.29 is 56.7 Å². The molecule has 0 spiro atoms. The van der Waals surface area contributed by atoms with E-state index in [0.717, 1.165) is 4.86 Å². The summed E-state index contributed by atoms with van der Waals surface area (Å²) in [7, 11) is -8.88. The van der Waals surface area contributed by atoms with Gasteiger partial charge in [-0.3, -0.25) is 18.7 Å². The molecule has 3 radical (unpaired) electrons. The monoisotopic (exact) mass is 531 g/mol. The number of nitrogens with two attached hydrogens (primary N) is 1. The van der Waals surface area contributed by atoms with Crippen LogP contribution in [0, 0.1) is 0 Å². The second-order valence-electron chi connectivity index (χ2n) is 6.88. The Morgan fingerprint density at radius 2 is 1.97 bits per heavy atom. The van der Waals surface area contributed by atoms with Gasteiger partial charge in [-0.1, -0.05) is 4.98 Å². The lowest BCUT2D eigenvalue weighted by Crippen LogP contribution is -2.46. The zero-order valence-electron chi connectivity index (χ0n) is 16.5. The Balaban J connectivity index is 1.76. The minimum Gasteiger partial charge on any atom is -0.443 e. The number of fused-ring (bicyclic) bond motifs is 1. The van der Waals surface area contributed by atoms with Crippen LogP contribution in [0.1, 0.15) is 6.23 Å². The molecule has 22 heteroatoms. The van der Waals surface area contributed by atoms with Crippen molar-refractivity contribution in [2.45, 2.75) is 24.5 Å². The van der Waals surface area contributed by atoms with Crippen LogP contribution < -0.4 is 20.7 Å². The van der Waals surface area contributed by atoms with Gasteiger partial charge >= 0.3 is 21.1 Å². The van der Waals surface area contributed by atoms with E-state index in [-0.39, 0.29) is 17.1 Å². The maximum absolute atomic E-state index is 12.1. The number of ether oxygens (including phenoxy) is 1. The molecule has 2 unspecified atom stereocenters. The highest BCUT2D eigenvalue weighted by Gasteiger charge is 2.47. The van der Waals surface area contributed by atoms with Gasteiger partial charge in [0.1, 0.15) is 18.3 Å². The lowest BCUT2D eigenvalue weighted by molar-refractivity contribution is -0.745. The standard InChI is InChI=1S/C11H18BN6O12P3/c1-17-3-18(8-5(17)9(21)15-11(13)14-8)10-7(20)6(19)4(29-10)2-28-31(12,22)30-33(26,27)16-32(23,24)25/h3-4,6-7,10,19-20H,2H2,1H3,(H6-,13,14,15,16,21,23,24,25,26,27)/q-1/p+1/t4-,6-,7-,10-,31?/m1/s1. The summed E-state index contributed by atoms with van der Waals surface area (Å²) >= 11 is 0. The number of imidazole rings is 1. The molecule has 3 heterocycles. The molecule has 2 aromatic heterocycles. The van der Waals surface area contributed by atoms with E-state index < -0.39 is 59.7 Å². The molecular weight excluding hydrogens is 512 g/mol. The second-order valence-corrected chi connectivity index (χ2v) is 11.8. The van der Waals surface area contributed by atoms with Crippen molar-refractivity contribution in [3.05, 3.63) is 16.7 Å². The number of rotatable bonds is 8. The van der Waals surface area contributed by atoms with Gasteiger partial charge in [-0.2, -0.15) is 0 Å². The van der Waals surface area contributed by atoms with Crippen molar-refractivity contribution in [2.24, 2.45) is 7.05 Å². The number of nitrogens with zero attached hydrogens (tertiary/aromatic N) is 3. The average Bonchev–Trinajstić information content (AvgIpc) is 3.07. The number of aliphatic hydroxyl groups is 2. The van der Waals surface area contributed by atoms with Crippen LogP contribution in [0.2, 0.25) is 0 Å². The smallest absolute Gasteiger partial charge is 0.416 e. The van der Waals surface area contributed by atoms with Crippen molar-refractivity contribution in [1.29, 1.82) is 0 Å². The molecule has 18 nitrogen and oxygen atoms in total. The summed E-state index contributed by atoms with van der Waals surface area (Å²) in [5.74, 6) is -0.223. The Morgan fingerprint density at radius 1 is 1.33 bits per heavy atom. The Kier molecular flexibility index (Phi) is 7.10. The first kappa shape index (κ1) is 26.2. The molecular formula is C11H19BN6O12P3. The molecule has 1 aliphatic rings. The molecule has 3 rings (SSSR count). The third-order valence-electron chi connectivity index (χ3n) is 4.30. The number of aliphatic hydroxyl groups excluding tert-OH is 2. The van der Waals surface area contributed by atoms with Crippen molar-refractivity contribution in [2.75, 3.05) is 12.3 Å². The van der Waals surface area contributed by atoms with Crippen molar-refractivity contribution >= 4 is 47.6 Å². The van der Waals surface area contributed by atoms with Crippen molar-refractivity contribution in [1.82, 2.24) is 19.4 Å². The van der Waals surface area contributed by atoms with Crippen LogP contribution in [0.25, 0.3) is 11.2 Å². The first-order valence-corrected chi connectivity index (χ1v) is 13.5. The van der Waals surface area contributed by atoms with E-state index in [4.69, 9.17) is 27.8 Å². The van der Waals surface area contributed by atoms with Crippen LogP contribution >= 0.6 is 23.0 Å². The fourth-order valence-electron chi connectivity index (χ4n) is 3.09. The lowest BCUT2D eigenvalue weighted by atomic mass is 10.1. The highest BCUT2D eigenvalue weighted by atomic mass is 31.3. The van der Waals surface area contributed by atoms with Crippen molar-refractivity contribution in [3.8, 4) is 0 Å². The van der Waals surface area contributed by atoms with E-state index in [2.05, 4.69) is 18.8 Å². The minimum absolute atomic E-state index is 0.00845. The Hall–Kier alpha value is -1.46. The molecule has 0 aromatic carbocycles. The number of hydrogen-bond donors (Lipinski definition) is 8. The number of H-pyrrole nitrogens is 1. The zero-order chi connectivity index (χ0) is 24.9. The number of aromatic nitrogens is 4. The van der Waals surface area contributed by atoms with Crippen LogP contribution in [0.5, 0.6) is 0 Å². The lowest BCUT2D eigenvalue weighted by Gasteiger charge is -2.29. The third kappa shape index (κ3) is 5.97. The van der Waals surface area contributed by atoms with Gasteiger partial charge in [-0.05, 0) is 0 Å². The first-order valence-electron chi connectivity index (χ1n) is 8.69. The van der Waals surface area contributed by atoms with Crippen LogP contribution in [-0.4, -0.2) is 71.9 Å². The molecule has 1 fully saturated rings. The quantitative estimate of drug-likeness (QED) is 0.0949. The van der Waals surface area contributed by atoms with E-state index in [9.17, 15) is 33.6 Å². The summed E-state index contributed by atoms with van der Waals surface area (Å²) in [5.41, 5.74) is 5.06. The average molecular weight is 531 g/mol. The van der Waals surface area contributed by atoms with Gasteiger partial charge in [0.2, 0.25) is 11.7 Å². The highest BCUT2D eigenvalue weighted by Crippen LogP contribution is 2.61. The summed E-state index contributed by atoms with van der Waals surface area (Å²) < 4.78 is 51.3. The largest absolute Gasteiger partial charge is 0.443 e. The maximum Gasteiger partial charge on any atom is 0.416 e. The SMILES string of the molecule is [B-]P(=O)(OC[C@H]1O[C@@H]([n+]2cn(C)c3c(=O)[nH]c(N)nc32)[C@H](O)[C@@H]1O)OP(=O)(O)NP(=O)(O)O. The van der Waals surface area contributed by atoms with Gasteiger partial charge in [0, 0.05) is 0 Å². The predicted molar refractivity (Wildman–Crippen MR) is 107 cm³/mol. The third-order valence-corrected chi connectivity index (χ3v) is 8.66. The molecule has 9 N–H and O–H groups in total. The van der Waals surface area contributed by atoms with Gasteiger partial charge in [-0.25, -0.2) is 13.7 Å². The number of hydrogen-bond acceptors (Lipinski definition) is 11. The van der Waals surface area contributed by atoms with E-state index in [1.807, 2.05) is 0 Å². The van der Waals surface area contributed by atoms with Gasteiger partial charge < -0.3 is 52.0 Å². The van der Waals surface area contributed by atoms with Gasteiger partial charge in [0.15, 0.2) is 6.33 Å². The van der Waals surface area contributed by atoms with E-state index in [1.54, 1.807) is 0 Å². The molecule has 1 aliphatic heterocycles. The second kappa shape index (κ2) is 8.96. The fourth-order valence-corrected chi connectivity index (χ4v) is 6.66. The Morgan fingerprint density at radius 3 is 2.58 bits per heavy atom. The van der Waals surface area contributed by atoms with Gasteiger partial charge in [0.05, 0.1) is 21.1 Å². The molecule has 6 atom stereocenters. The van der Waals surface area contributed by atoms with Gasteiger partial charge in [0.25, 0.3) is 11.5 Å². The topological polar surface area (TPSA) is 273 Å². The summed E-state index contributed by atoms with van der Waals surface area (Å²) in [4.78, 5) is 46.0. The molecule has 0 amide bonds. The van der Waals surface area contributed by atoms with Crippen LogP contribution in [0.4, 0.5) is 5.95 Å². The molecule has 0 saturated carbocycles. The summed E-state index contributed by atoms with van der Waals surface area (Å²) in [6, 6.07) is 0. The highest BCUT2D eigenvalue weighted by molar-refractivity contribution is 7.84.